The number of aromatic carboxylic acids is 1. The van der Waals surface area contributed by atoms with Gasteiger partial charge < -0.3 is 14.8 Å². The number of furan rings is 1. The smallest absolute Gasteiger partial charge is 0.371 e. The zero-order valence-electron chi connectivity index (χ0n) is 14.4. The van der Waals surface area contributed by atoms with Crippen molar-refractivity contribution in [2.45, 2.75) is 32.4 Å². The van der Waals surface area contributed by atoms with E-state index in [-0.39, 0.29) is 17.1 Å². The number of carbonyl (C=O) groups excluding carboxylic acids is 1. The van der Waals surface area contributed by atoms with Gasteiger partial charge in [0, 0.05) is 25.2 Å². The van der Waals surface area contributed by atoms with Gasteiger partial charge in [-0.2, -0.15) is 0 Å². The Kier molecular flexibility index (Phi) is 4.63. The predicted molar refractivity (Wildman–Crippen MR) is 92.6 cm³/mol. The number of carboxylic acid groups (broad SMARTS) is 1. The normalized spacial score (nSPS) is 14.8. The molecule has 1 aliphatic heterocycles. The van der Waals surface area contributed by atoms with Gasteiger partial charge >= 0.3 is 5.97 Å². The molecule has 0 fully saturated rings. The summed E-state index contributed by atoms with van der Waals surface area (Å²) >= 11 is 0. The SMILES string of the molecule is CC(C)(CNC(=O)c1ccc(C(=O)O)o1)N1CCc2ccccc2C1. The van der Waals surface area contributed by atoms with Crippen LogP contribution < -0.4 is 5.32 Å². The standard InChI is InChI=1S/C19H22N2O4/c1-19(2,21-10-9-13-5-3-4-6-14(13)11-21)12-20-17(22)15-7-8-16(25-15)18(23)24/h3-8H,9-12H2,1-2H3,(H,20,22)(H,23,24). The molecule has 0 unspecified atom stereocenters. The van der Waals surface area contributed by atoms with Gasteiger partial charge in [0.2, 0.25) is 5.76 Å². The maximum atomic E-state index is 12.2. The van der Waals surface area contributed by atoms with Gasteiger partial charge in [0.15, 0.2) is 5.76 Å². The van der Waals surface area contributed by atoms with Crippen molar-refractivity contribution in [1.82, 2.24) is 10.2 Å². The molecule has 3 rings (SSSR count). The number of fused-ring (bicyclic) bond motifs is 1. The van der Waals surface area contributed by atoms with E-state index in [1.807, 2.05) is 6.07 Å². The number of nitrogens with zero attached hydrogens (tertiary/aromatic N) is 1. The fourth-order valence-electron chi connectivity index (χ4n) is 3.08. The van der Waals surface area contributed by atoms with Crippen LogP contribution in [0.15, 0.2) is 40.8 Å². The minimum atomic E-state index is -1.19. The van der Waals surface area contributed by atoms with Gasteiger partial charge in [-0.15, -0.1) is 0 Å². The van der Waals surface area contributed by atoms with Crippen LogP contribution in [0.4, 0.5) is 0 Å². The molecule has 25 heavy (non-hydrogen) atoms. The second-order valence-corrected chi connectivity index (χ2v) is 6.90. The number of amides is 1. The monoisotopic (exact) mass is 342 g/mol. The van der Waals surface area contributed by atoms with Gasteiger partial charge in [-0.05, 0) is 43.5 Å². The van der Waals surface area contributed by atoms with E-state index in [2.05, 4.69) is 42.3 Å². The van der Waals surface area contributed by atoms with Gasteiger partial charge in [0.1, 0.15) is 0 Å². The van der Waals surface area contributed by atoms with Crippen molar-refractivity contribution in [1.29, 1.82) is 0 Å². The minimum Gasteiger partial charge on any atom is -0.475 e. The minimum absolute atomic E-state index is 0.0113. The summed E-state index contributed by atoms with van der Waals surface area (Å²) in [4.78, 5) is 25.4. The number of carbonyl (C=O) groups is 2. The fraction of sp³-hybridized carbons (Fsp3) is 0.368. The van der Waals surface area contributed by atoms with E-state index in [9.17, 15) is 9.59 Å². The summed E-state index contributed by atoms with van der Waals surface area (Å²) < 4.78 is 5.04. The number of benzene rings is 1. The third kappa shape index (κ3) is 3.74. The number of nitrogens with one attached hydrogen (secondary N) is 1. The molecule has 0 bridgehead atoms. The Bertz CT molecular complexity index is 794. The second-order valence-electron chi connectivity index (χ2n) is 6.90. The molecule has 2 heterocycles. The average molecular weight is 342 g/mol. The highest BCUT2D eigenvalue weighted by atomic mass is 16.4. The number of rotatable bonds is 5. The van der Waals surface area contributed by atoms with Gasteiger partial charge in [0.25, 0.3) is 5.91 Å². The van der Waals surface area contributed by atoms with Crippen molar-refractivity contribution in [2.75, 3.05) is 13.1 Å². The topological polar surface area (TPSA) is 82.8 Å². The molecule has 0 saturated carbocycles. The lowest BCUT2D eigenvalue weighted by molar-refractivity contribution is 0.0657. The number of hydrogen-bond acceptors (Lipinski definition) is 4. The molecule has 0 saturated heterocycles. The van der Waals surface area contributed by atoms with Gasteiger partial charge in [-0.1, -0.05) is 24.3 Å². The van der Waals surface area contributed by atoms with Crippen molar-refractivity contribution in [3.05, 3.63) is 59.0 Å². The molecule has 1 aromatic heterocycles. The number of hydrogen-bond donors (Lipinski definition) is 2. The highest BCUT2D eigenvalue weighted by Crippen LogP contribution is 2.25. The van der Waals surface area contributed by atoms with Crippen LogP contribution in [0.2, 0.25) is 0 Å². The van der Waals surface area contributed by atoms with E-state index in [1.54, 1.807) is 0 Å². The van der Waals surface area contributed by atoms with Crippen LogP contribution in [-0.4, -0.2) is 40.5 Å². The molecule has 0 spiro atoms. The first-order valence-electron chi connectivity index (χ1n) is 8.30. The van der Waals surface area contributed by atoms with Gasteiger partial charge in [0.05, 0.1) is 0 Å². The Morgan fingerprint density at radius 2 is 1.84 bits per heavy atom. The Morgan fingerprint density at radius 1 is 1.16 bits per heavy atom. The van der Waals surface area contributed by atoms with Crippen molar-refractivity contribution in [3.63, 3.8) is 0 Å². The van der Waals surface area contributed by atoms with Gasteiger partial charge in [-0.25, -0.2) is 4.79 Å². The molecule has 6 heteroatoms. The third-order valence-corrected chi connectivity index (χ3v) is 4.71. The van der Waals surface area contributed by atoms with Crippen LogP contribution in [0.5, 0.6) is 0 Å². The van der Waals surface area contributed by atoms with E-state index in [0.717, 1.165) is 19.5 Å². The molecule has 6 nitrogen and oxygen atoms in total. The van der Waals surface area contributed by atoms with E-state index < -0.39 is 11.9 Å². The van der Waals surface area contributed by atoms with Crippen LogP contribution >= 0.6 is 0 Å². The van der Waals surface area contributed by atoms with Crippen molar-refractivity contribution in [3.8, 4) is 0 Å². The quantitative estimate of drug-likeness (QED) is 0.872. The molecule has 2 aromatic rings. The highest BCUT2D eigenvalue weighted by molar-refractivity contribution is 5.93. The molecule has 1 amide bonds. The Balaban J connectivity index is 1.61. The van der Waals surface area contributed by atoms with Crippen LogP contribution in [0.1, 0.15) is 46.1 Å². The molecule has 1 aromatic carbocycles. The lowest BCUT2D eigenvalue weighted by atomic mass is 9.94. The summed E-state index contributed by atoms with van der Waals surface area (Å²) in [5, 5.41) is 11.7. The summed E-state index contributed by atoms with van der Waals surface area (Å²) in [6, 6.07) is 11.1. The van der Waals surface area contributed by atoms with Crippen LogP contribution in [-0.2, 0) is 13.0 Å². The maximum Gasteiger partial charge on any atom is 0.371 e. The van der Waals surface area contributed by atoms with Crippen molar-refractivity contribution >= 4 is 11.9 Å². The lowest BCUT2D eigenvalue weighted by Gasteiger charge is -2.41. The molecular formula is C19H22N2O4. The molecule has 0 atom stereocenters. The molecule has 0 radical (unpaired) electrons. The van der Waals surface area contributed by atoms with E-state index in [4.69, 9.17) is 9.52 Å². The van der Waals surface area contributed by atoms with Crippen LogP contribution in [0, 0.1) is 0 Å². The van der Waals surface area contributed by atoms with Crippen molar-refractivity contribution in [2.24, 2.45) is 0 Å². The fourth-order valence-corrected chi connectivity index (χ4v) is 3.08. The third-order valence-electron chi connectivity index (χ3n) is 4.71. The van der Waals surface area contributed by atoms with E-state index in [1.165, 1.54) is 23.3 Å². The Morgan fingerprint density at radius 3 is 2.52 bits per heavy atom. The summed E-state index contributed by atoms with van der Waals surface area (Å²) in [5.41, 5.74) is 2.48. The molecule has 0 aliphatic carbocycles. The Hall–Kier alpha value is -2.60. The summed E-state index contributed by atoms with van der Waals surface area (Å²) in [5.74, 6) is -1.82. The summed E-state index contributed by atoms with van der Waals surface area (Å²) in [7, 11) is 0. The highest BCUT2D eigenvalue weighted by Gasteiger charge is 2.30. The lowest BCUT2D eigenvalue weighted by Crippen LogP contribution is -2.53. The first-order chi connectivity index (χ1) is 11.9. The zero-order valence-corrected chi connectivity index (χ0v) is 14.4. The first-order valence-corrected chi connectivity index (χ1v) is 8.30. The Labute approximate surface area is 146 Å². The molecular weight excluding hydrogens is 320 g/mol. The van der Waals surface area contributed by atoms with E-state index >= 15 is 0 Å². The number of carboxylic acids is 1. The summed E-state index contributed by atoms with van der Waals surface area (Å²) in [6.45, 7) is 6.40. The molecule has 132 valence electrons. The molecule has 1 aliphatic rings. The van der Waals surface area contributed by atoms with Crippen LogP contribution in [0.25, 0.3) is 0 Å². The maximum absolute atomic E-state index is 12.2. The first kappa shape index (κ1) is 17.2. The second kappa shape index (κ2) is 6.72. The molecule has 2 N–H and O–H groups in total. The summed E-state index contributed by atoms with van der Waals surface area (Å²) in [6.07, 6.45) is 0.994. The van der Waals surface area contributed by atoms with Crippen molar-refractivity contribution < 1.29 is 19.1 Å². The zero-order chi connectivity index (χ0) is 18.0. The van der Waals surface area contributed by atoms with Crippen LogP contribution in [0.3, 0.4) is 0 Å². The predicted octanol–water partition coefficient (Wildman–Crippen LogP) is 2.54. The average Bonchev–Trinajstić information content (AvgIpc) is 3.10. The van der Waals surface area contributed by atoms with Gasteiger partial charge in [-0.3, -0.25) is 9.69 Å². The largest absolute Gasteiger partial charge is 0.475 e. The van der Waals surface area contributed by atoms with E-state index in [0.29, 0.717) is 6.54 Å².